The van der Waals surface area contributed by atoms with Gasteiger partial charge in [-0.1, -0.05) is 272 Å². The Balaban J connectivity index is -0.000000217. The van der Waals surface area contributed by atoms with Gasteiger partial charge in [0.1, 0.15) is 0 Å². The van der Waals surface area contributed by atoms with Crippen molar-refractivity contribution in [3.8, 4) is 0 Å². The first-order valence-corrected chi connectivity index (χ1v) is 20.4. The molecule has 60 heavy (non-hydrogen) atoms. The Bertz CT molecular complexity index is 1480. The van der Waals surface area contributed by atoms with Crippen LogP contribution in [0.2, 0.25) is 0 Å². The van der Waals surface area contributed by atoms with E-state index >= 15 is 0 Å². The fraction of sp³-hybridized carbons (Fsp3) is 0.500. The SMILES string of the molecule is C.C.C.C.C.C.C.C.C.CCCC(CC(CCCC(C)c1ccccc1)c1ccccc1)c1ccccc1.CCCC(CCC(CCC)c1ccccc1)c1ccccc1. The van der Waals surface area contributed by atoms with Crippen molar-refractivity contribution in [3.05, 3.63) is 179 Å². The van der Waals surface area contributed by atoms with Crippen LogP contribution in [-0.4, -0.2) is 0 Å². The van der Waals surface area contributed by atoms with Gasteiger partial charge in [-0.25, -0.2) is 0 Å². The van der Waals surface area contributed by atoms with E-state index in [4.69, 9.17) is 0 Å². The molecule has 0 aliphatic rings. The van der Waals surface area contributed by atoms with Crippen molar-refractivity contribution in [3.63, 3.8) is 0 Å². The van der Waals surface area contributed by atoms with Crippen LogP contribution in [0.5, 0.6) is 0 Å². The van der Waals surface area contributed by atoms with E-state index in [1.54, 1.807) is 0 Å². The number of hydrogen-bond acceptors (Lipinski definition) is 0. The second kappa shape index (κ2) is 40.5. The third kappa shape index (κ3) is 23.8. The fourth-order valence-electron chi connectivity index (χ4n) is 8.11. The molecule has 5 atom stereocenters. The van der Waals surface area contributed by atoms with Crippen molar-refractivity contribution in [2.24, 2.45) is 0 Å². The summed E-state index contributed by atoms with van der Waals surface area (Å²) in [7, 11) is 0. The fourth-order valence-corrected chi connectivity index (χ4v) is 8.11. The molecular formula is C60H102. The molecule has 0 nitrogen and oxygen atoms in total. The van der Waals surface area contributed by atoms with Gasteiger partial charge in [0.2, 0.25) is 0 Å². The normalized spacial score (nSPS) is 11.9. The van der Waals surface area contributed by atoms with E-state index in [-0.39, 0.29) is 66.8 Å². The molecule has 5 rings (SSSR count). The van der Waals surface area contributed by atoms with Gasteiger partial charge in [-0.15, -0.1) is 0 Å². The van der Waals surface area contributed by atoms with Crippen LogP contribution in [0, 0.1) is 0 Å². The predicted molar refractivity (Wildman–Crippen MR) is 285 cm³/mol. The van der Waals surface area contributed by atoms with Crippen LogP contribution in [0.3, 0.4) is 0 Å². The Labute approximate surface area is 379 Å². The van der Waals surface area contributed by atoms with Crippen LogP contribution >= 0.6 is 0 Å². The van der Waals surface area contributed by atoms with Gasteiger partial charge in [-0.2, -0.15) is 0 Å². The molecule has 0 bridgehead atoms. The largest absolute Gasteiger partial charge is 0.0776 e. The zero-order valence-corrected chi connectivity index (χ0v) is 32.3. The molecule has 0 saturated carbocycles. The Morgan fingerprint density at radius 3 is 0.833 bits per heavy atom. The Kier molecular flexibility index (Phi) is 45.8. The molecule has 0 radical (unpaired) electrons. The minimum absolute atomic E-state index is 0. The lowest BCUT2D eigenvalue weighted by molar-refractivity contribution is 0.456. The predicted octanol–water partition coefficient (Wildman–Crippen LogP) is 21.4. The third-order valence-corrected chi connectivity index (χ3v) is 11.0. The van der Waals surface area contributed by atoms with Gasteiger partial charge in [0.05, 0.1) is 0 Å². The van der Waals surface area contributed by atoms with E-state index in [1.165, 1.54) is 105 Å². The topological polar surface area (TPSA) is 0 Å². The zero-order valence-electron chi connectivity index (χ0n) is 32.3. The van der Waals surface area contributed by atoms with E-state index in [0.29, 0.717) is 29.6 Å². The van der Waals surface area contributed by atoms with E-state index in [9.17, 15) is 0 Å². The molecule has 0 saturated heterocycles. The minimum atomic E-state index is 0. The second-order valence-corrected chi connectivity index (χ2v) is 14.9. The molecule has 0 spiro atoms. The van der Waals surface area contributed by atoms with E-state index in [1.807, 2.05) is 0 Å². The van der Waals surface area contributed by atoms with E-state index < -0.39 is 0 Å². The summed E-state index contributed by atoms with van der Waals surface area (Å²) < 4.78 is 0. The molecule has 0 N–H and O–H groups in total. The van der Waals surface area contributed by atoms with Crippen molar-refractivity contribution >= 4 is 0 Å². The summed E-state index contributed by atoms with van der Waals surface area (Å²) in [6, 6.07) is 55.5. The monoisotopic (exact) mass is 823 g/mol. The summed E-state index contributed by atoms with van der Waals surface area (Å²) in [5.74, 6) is 3.35. The standard InChI is InChI=1S/C29H36.C22H30.9CH4/c1-3-14-28(26-18-9-5-10-19-26)23-29(27-20-11-6-12-21-27)22-13-15-24(2)25-16-7-4-8-17-25;1-3-11-19(21-13-7-5-8-14-21)17-18-20(12-4-2)22-15-9-6-10-16-22;;;;;;;;;/h4-12,16-21,24,28-29H,3,13-15,22-23H2,1-2H3;5-10,13-16,19-20H,3-4,11-12,17-18H2,1-2H3;9*1H4. The van der Waals surface area contributed by atoms with Gasteiger partial charge in [-0.05, 0) is 109 Å². The first-order chi connectivity index (χ1) is 25.1. The Morgan fingerprint density at radius 2 is 0.533 bits per heavy atom. The quantitative estimate of drug-likeness (QED) is 0.0734. The Hall–Kier alpha value is -3.90. The summed E-state index contributed by atoms with van der Waals surface area (Å²) in [5.41, 5.74) is 7.53. The molecule has 0 amide bonds. The van der Waals surface area contributed by atoms with Crippen molar-refractivity contribution < 1.29 is 0 Å². The highest BCUT2D eigenvalue weighted by molar-refractivity contribution is 5.25. The average molecular weight is 823 g/mol. The molecule has 342 valence electrons. The molecule has 0 aliphatic heterocycles. The molecule has 0 aromatic heterocycles. The van der Waals surface area contributed by atoms with Crippen molar-refractivity contribution in [2.45, 2.75) is 201 Å². The summed E-state index contributed by atoms with van der Waals surface area (Å²) in [5, 5.41) is 0. The van der Waals surface area contributed by atoms with Gasteiger partial charge in [-0.3, -0.25) is 0 Å². The second-order valence-electron chi connectivity index (χ2n) is 14.9. The van der Waals surface area contributed by atoms with Gasteiger partial charge in [0.15, 0.2) is 0 Å². The van der Waals surface area contributed by atoms with E-state index in [0.717, 1.165) is 0 Å². The smallest absolute Gasteiger partial charge is 0.0156 e. The highest BCUT2D eigenvalue weighted by atomic mass is 14.2. The zero-order chi connectivity index (χ0) is 35.9. The van der Waals surface area contributed by atoms with Gasteiger partial charge < -0.3 is 0 Å². The van der Waals surface area contributed by atoms with Crippen LogP contribution in [0.15, 0.2) is 152 Å². The third-order valence-electron chi connectivity index (χ3n) is 11.0. The molecule has 5 aromatic rings. The number of hydrogen-bond donors (Lipinski definition) is 0. The maximum absolute atomic E-state index is 2.37. The number of rotatable bonds is 20. The van der Waals surface area contributed by atoms with Gasteiger partial charge in [0, 0.05) is 0 Å². The van der Waals surface area contributed by atoms with Crippen molar-refractivity contribution in [1.29, 1.82) is 0 Å². The summed E-state index contributed by atoms with van der Waals surface area (Å²) in [6.07, 6.45) is 15.3. The van der Waals surface area contributed by atoms with E-state index in [2.05, 4.69) is 179 Å². The van der Waals surface area contributed by atoms with Crippen LogP contribution in [0.1, 0.15) is 229 Å². The molecule has 0 fully saturated rings. The number of benzene rings is 5. The highest BCUT2D eigenvalue weighted by Gasteiger charge is 2.20. The minimum Gasteiger partial charge on any atom is -0.0776 e. The van der Waals surface area contributed by atoms with Crippen LogP contribution in [0.4, 0.5) is 0 Å². The van der Waals surface area contributed by atoms with Crippen molar-refractivity contribution in [1.82, 2.24) is 0 Å². The molecule has 0 heterocycles. The lowest BCUT2D eigenvalue weighted by Gasteiger charge is -2.25. The molecule has 5 aromatic carbocycles. The summed E-state index contributed by atoms with van der Waals surface area (Å²) in [6.45, 7) is 9.29. The van der Waals surface area contributed by atoms with Gasteiger partial charge >= 0.3 is 0 Å². The maximum atomic E-state index is 2.37. The first kappa shape index (κ1) is 67.9. The molecule has 5 unspecified atom stereocenters. The first-order valence-electron chi connectivity index (χ1n) is 20.4. The highest BCUT2D eigenvalue weighted by Crippen LogP contribution is 2.37. The Morgan fingerprint density at radius 1 is 0.283 bits per heavy atom. The summed E-state index contributed by atoms with van der Waals surface area (Å²) in [4.78, 5) is 0. The van der Waals surface area contributed by atoms with Gasteiger partial charge in [0.25, 0.3) is 0 Å². The van der Waals surface area contributed by atoms with Crippen LogP contribution in [-0.2, 0) is 0 Å². The molecular weight excluding hydrogens is 721 g/mol. The lowest BCUT2D eigenvalue weighted by Crippen LogP contribution is -2.08. The van der Waals surface area contributed by atoms with Crippen LogP contribution in [0.25, 0.3) is 0 Å². The van der Waals surface area contributed by atoms with Crippen molar-refractivity contribution in [2.75, 3.05) is 0 Å². The molecule has 0 aliphatic carbocycles. The average Bonchev–Trinajstić information content (AvgIpc) is 3.20. The maximum Gasteiger partial charge on any atom is -0.0156 e. The van der Waals surface area contributed by atoms with Crippen LogP contribution < -0.4 is 0 Å². The molecule has 0 heteroatoms. The summed E-state index contributed by atoms with van der Waals surface area (Å²) >= 11 is 0. The lowest BCUT2D eigenvalue weighted by atomic mass is 9.80.